The van der Waals surface area contributed by atoms with Crippen LogP contribution < -0.4 is 5.32 Å². The second-order valence-electron chi connectivity index (χ2n) is 3.21. The number of esters is 2. The van der Waals surface area contributed by atoms with Crippen molar-refractivity contribution in [3.05, 3.63) is 0 Å². The topological polar surface area (TPSA) is 94.1 Å². The van der Waals surface area contributed by atoms with Gasteiger partial charge in [0.05, 0.1) is 0 Å². The molecule has 88 valence electrons. The number of hydrogen-bond donors (Lipinski definition) is 1. The largest absolute Gasteiger partial charge is 0.436 e. The van der Waals surface area contributed by atoms with E-state index >= 15 is 0 Å². The van der Waals surface area contributed by atoms with Crippen LogP contribution in [0.4, 0.5) is 0 Å². The van der Waals surface area contributed by atoms with Crippen molar-refractivity contribution in [2.45, 2.75) is 33.2 Å². The molecule has 0 spiro atoms. The number of ketones is 1. The first kappa shape index (κ1) is 12.2. The summed E-state index contributed by atoms with van der Waals surface area (Å²) in [5, 5.41) is 2.56. The standard InChI is InChI=1S/C9H12N2O5/c1-4(12)7-10-8(15-5(2)13)9(11-7)16-6(3)14/h8-9H,1-3H3,(H,10,11). The van der Waals surface area contributed by atoms with Gasteiger partial charge < -0.3 is 14.8 Å². The van der Waals surface area contributed by atoms with Gasteiger partial charge in [-0.3, -0.25) is 14.4 Å². The van der Waals surface area contributed by atoms with Crippen LogP contribution in [0.3, 0.4) is 0 Å². The monoisotopic (exact) mass is 228 g/mol. The van der Waals surface area contributed by atoms with Crippen LogP contribution in [0.15, 0.2) is 4.99 Å². The van der Waals surface area contributed by atoms with Gasteiger partial charge >= 0.3 is 11.9 Å². The predicted octanol–water partition coefficient (Wildman–Crippen LogP) is -0.645. The van der Waals surface area contributed by atoms with Crippen LogP contribution in [0.1, 0.15) is 20.8 Å². The SMILES string of the molecule is CC(=O)OC1N=C(C(C)=O)NC1OC(C)=O. The summed E-state index contributed by atoms with van der Waals surface area (Å²) >= 11 is 0. The number of nitrogens with zero attached hydrogens (tertiary/aromatic N) is 1. The highest BCUT2D eigenvalue weighted by molar-refractivity contribution is 6.38. The van der Waals surface area contributed by atoms with Gasteiger partial charge in [0.15, 0.2) is 11.6 Å². The number of carbonyl (C=O) groups excluding carboxylic acids is 3. The number of carbonyl (C=O) groups is 3. The van der Waals surface area contributed by atoms with E-state index in [4.69, 9.17) is 9.47 Å². The van der Waals surface area contributed by atoms with Gasteiger partial charge in [0.1, 0.15) is 0 Å². The first-order valence-electron chi connectivity index (χ1n) is 4.60. The Morgan fingerprint density at radius 2 is 1.69 bits per heavy atom. The van der Waals surface area contributed by atoms with Crippen LogP contribution in [0.25, 0.3) is 0 Å². The van der Waals surface area contributed by atoms with Gasteiger partial charge in [0.25, 0.3) is 6.23 Å². The van der Waals surface area contributed by atoms with Crippen LogP contribution in [-0.2, 0) is 23.9 Å². The molecule has 7 heteroatoms. The van der Waals surface area contributed by atoms with Crippen molar-refractivity contribution in [1.82, 2.24) is 5.32 Å². The molecule has 0 aromatic rings. The second kappa shape index (κ2) is 4.73. The molecule has 0 amide bonds. The minimum atomic E-state index is -1.01. The summed E-state index contributed by atoms with van der Waals surface area (Å²) < 4.78 is 9.60. The number of Topliss-reactive ketones (excluding diaryl/α,β-unsaturated/α-hetero) is 1. The molecule has 1 aliphatic rings. The van der Waals surface area contributed by atoms with Crippen molar-refractivity contribution in [2.75, 3.05) is 0 Å². The van der Waals surface area contributed by atoms with E-state index in [1.807, 2.05) is 0 Å². The Hall–Kier alpha value is -1.92. The fraction of sp³-hybridized carbons (Fsp3) is 0.556. The Morgan fingerprint density at radius 1 is 1.12 bits per heavy atom. The molecule has 7 nitrogen and oxygen atoms in total. The Labute approximate surface area is 91.8 Å². The van der Waals surface area contributed by atoms with Gasteiger partial charge in [0, 0.05) is 20.8 Å². The molecular weight excluding hydrogens is 216 g/mol. The summed E-state index contributed by atoms with van der Waals surface area (Å²) in [5.41, 5.74) is 0. The van der Waals surface area contributed by atoms with Gasteiger partial charge in [-0.05, 0) is 0 Å². The molecule has 1 aliphatic heterocycles. The van der Waals surface area contributed by atoms with E-state index in [1.165, 1.54) is 20.8 Å². The van der Waals surface area contributed by atoms with Crippen LogP contribution in [-0.4, -0.2) is 36.0 Å². The van der Waals surface area contributed by atoms with E-state index in [1.54, 1.807) is 0 Å². The lowest BCUT2D eigenvalue weighted by atomic mass is 10.4. The highest BCUT2D eigenvalue weighted by Crippen LogP contribution is 2.11. The normalized spacial score (nSPS) is 23.1. The lowest BCUT2D eigenvalue weighted by molar-refractivity contribution is -0.164. The average molecular weight is 228 g/mol. The molecule has 16 heavy (non-hydrogen) atoms. The quantitative estimate of drug-likeness (QED) is 0.645. The first-order chi connectivity index (χ1) is 7.40. The lowest BCUT2D eigenvalue weighted by Gasteiger charge is -2.17. The summed E-state index contributed by atoms with van der Waals surface area (Å²) in [6, 6.07) is 0. The average Bonchev–Trinajstić information content (AvgIpc) is 2.46. The Bertz CT molecular complexity index is 363. The van der Waals surface area contributed by atoms with E-state index in [0.29, 0.717) is 0 Å². The third kappa shape index (κ3) is 3.04. The molecule has 1 heterocycles. The minimum absolute atomic E-state index is 0.0255. The molecule has 1 rings (SSSR count). The number of aliphatic imine (C=N–C) groups is 1. The summed E-state index contributed by atoms with van der Waals surface area (Å²) in [5.74, 6) is -1.43. The van der Waals surface area contributed by atoms with E-state index in [0.717, 1.165) is 0 Å². The highest BCUT2D eigenvalue weighted by atomic mass is 16.6. The van der Waals surface area contributed by atoms with Crippen LogP contribution in [0.2, 0.25) is 0 Å². The minimum Gasteiger partial charge on any atom is -0.436 e. The maximum Gasteiger partial charge on any atom is 0.304 e. The third-order valence-electron chi connectivity index (χ3n) is 1.71. The number of rotatable bonds is 3. The fourth-order valence-electron chi connectivity index (χ4n) is 1.16. The number of nitrogens with one attached hydrogen (secondary N) is 1. The van der Waals surface area contributed by atoms with Gasteiger partial charge in [-0.2, -0.15) is 0 Å². The van der Waals surface area contributed by atoms with Crippen molar-refractivity contribution in [1.29, 1.82) is 0 Å². The zero-order valence-electron chi connectivity index (χ0n) is 9.14. The highest BCUT2D eigenvalue weighted by Gasteiger charge is 2.34. The van der Waals surface area contributed by atoms with Crippen molar-refractivity contribution in [2.24, 2.45) is 4.99 Å². The zero-order chi connectivity index (χ0) is 12.3. The van der Waals surface area contributed by atoms with E-state index < -0.39 is 24.4 Å². The Balaban J connectivity index is 2.75. The van der Waals surface area contributed by atoms with E-state index in [2.05, 4.69) is 10.3 Å². The maximum absolute atomic E-state index is 11.0. The molecule has 1 N–H and O–H groups in total. The maximum atomic E-state index is 11.0. The predicted molar refractivity (Wildman–Crippen MR) is 52.4 cm³/mol. The molecule has 0 bridgehead atoms. The summed E-state index contributed by atoms with van der Waals surface area (Å²) in [4.78, 5) is 36.4. The van der Waals surface area contributed by atoms with Gasteiger partial charge in [-0.1, -0.05) is 0 Å². The van der Waals surface area contributed by atoms with Crippen LogP contribution in [0.5, 0.6) is 0 Å². The summed E-state index contributed by atoms with van der Waals surface area (Å²) in [7, 11) is 0. The molecule has 0 radical (unpaired) electrons. The van der Waals surface area contributed by atoms with Gasteiger partial charge in [0.2, 0.25) is 6.23 Å². The van der Waals surface area contributed by atoms with Crippen LogP contribution >= 0.6 is 0 Å². The van der Waals surface area contributed by atoms with Crippen molar-refractivity contribution in [3.63, 3.8) is 0 Å². The number of ether oxygens (including phenoxy) is 2. The molecule has 0 aromatic heterocycles. The number of amidine groups is 1. The van der Waals surface area contributed by atoms with Crippen molar-refractivity contribution in [3.8, 4) is 0 Å². The first-order valence-corrected chi connectivity index (χ1v) is 4.60. The molecule has 0 aromatic carbocycles. The van der Waals surface area contributed by atoms with Crippen molar-refractivity contribution >= 4 is 23.6 Å². The van der Waals surface area contributed by atoms with Crippen LogP contribution in [0, 0.1) is 0 Å². The smallest absolute Gasteiger partial charge is 0.304 e. The second-order valence-corrected chi connectivity index (χ2v) is 3.21. The Morgan fingerprint density at radius 3 is 2.12 bits per heavy atom. The van der Waals surface area contributed by atoms with E-state index in [-0.39, 0.29) is 11.6 Å². The lowest BCUT2D eigenvalue weighted by Crippen LogP contribution is -2.41. The fourth-order valence-corrected chi connectivity index (χ4v) is 1.16. The molecule has 0 saturated heterocycles. The molecule has 0 fully saturated rings. The summed E-state index contributed by atoms with van der Waals surface area (Å²) in [6.45, 7) is 3.71. The third-order valence-corrected chi connectivity index (χ3v) is 1.71. The van der Waals surface area contributed by atoms with Crippen molar-refractivity contribution < 1.29 is 23.9 Å². The Kier molecular flexibility index (Phi) is 3.60. The molecule has 2 atom stereocenters. The van der Waals surface area contributed by atoms with Gasteiger partial charge in [-0.15, -0.1) is 0 Å². The summed E-state index contributed by atoms with van der Waals surface area (Å²) in [6.07, 6.45) is -1.96. The van der Waals surface area contributed by atoms with E-state index in [9.17, 15) is 14.4 Å². The zero-order valence-corrected chi connectivity index (χ0v) is 9.14. The number of hydrogen-bond acceptors (Lipinski definition) is 7. The molecule has 2 unspecified atom stereocenters. The molecule has 0 saturated carbocycles. The van der Waals surface area contributed by atoms with Gasteiger partial charge in [-0.25, -0.2) is 4.99 Å². The molecule has 0 aliphatic carbocycles. The molecular formula is C9H12N2O5.